The molecule has 2 amide bonds. The first-order valence-corrected chi connectivity index (χ1v) is 13.8. The maximum atomic E-state index is 14.0. The molecule has 3 N–H and O–H groups in total. The summed E-state index contributed by atoms with van der Waals surface area (Å²) in [4.78, 5) is 75.8. The van der Waals surface area contributed by atoms with Crippen LogP contribution in [0.5, 0.6) is 0 Å². The molecule has 0 bridgehead atoms. The zero-order chi connectivity index (χ0) is 30.5. The Morgan fingerprint density at radius 1 is 1.02 bits per heavy atom. The van der Waals surface area contributed by atoms with E-state index in [1.807, 2.05) is 0 Å². The molecule has 13 nitrogen and oxygen atoms in total. The Hall–Kier alpha value is -1.32. The molecule has 1 saturated heterocycles. The summed E-state index contributed by atoms with van der Waals surface area (Å²) in [5, 5.41) is 12.3. The van der Waals surface area contributed by atoms with Crippen LogP contribution in [0.25, 0.3) is 0 Å². The summed E-state index contributed by atoms with van der Waals surface area (Å²) in [6, 6.07) is 0. The lowest BCUT2D eigenvalue weighted by Gasteiger charge is -2.49. The molecule has 40 heavy (non-hydrogen) atoms. The molecule has 0 spiro atoms. The highest BCUT2D eigenvalue weighted by Gasteiger charge is 2.73. The van der Waals surface area contributed by atoms with E-state index in [0.29, 0.717) is 0 Å². The van der Waals surface area contributed by atoms with Gasteiger partial charge in [0.2, 0.25) is 13.5 Å². The third kappa shape index (κ3) is 9.35. The molecule has 1 aliphatic carbocycles. The van der Waals surface area contributed by atoms with Crippen LogP contribution in [-0.2, 0) is 43.0 Å². The number of rotatable bonds is 15. The molecule has 2 rings (SSSR count). The number of hydrogen-bond acceptors (Lipinski definition) is 10. The van der Waals surface area contributed by atoms with Gasteiger partial charge in [-0.15, -0.1) is 0 Å². The first-order chi connectivity index (χ1) is 18.4. The van der Waals surface area contributed by atoms with E-state index in [9.17, 15) is 28.8 Å². The summed E-state index contributed by atoms with van der Waals surface area (Å²) in [7, 11) is 1.39. The average molecular weight is 692 g/mol. The van der Waals surface area contributed by atoms with Crippen molar-refractivity contribution in [3.63, 3.8) is 0 Å². The number of halogens is 6. The van der Waals surface area contributed by atoms with Crippen molar-refractivity contribution in [3.05, 3.63) is 0 Å². The van der Waals surface area contributed by atoms with Crippen LogP contribution in [0.15, 0.2) is 0 Å². The van der Waals surface area contributed by atoms with Crippen LogP contribution in [0.3, 0.4) is 0 Å². The highest BCUT2D eigenvalue weighted by molar-refractivity contribution is 6.68. The van der Waals surface area contributed by atoms with Gasteiger partial charge in [0.15, 0.2) is 11.3 Å². The van der Waals surface area contributed by atoms with Crippen molar-refractivity contribution < 1.29 is 48.1 Å². The second-order valence-corrected chi connectivity index (χ2v) is 14.0. The van der Waals surface area contributed by atoms with Crippen LogP contribution < -0.4 is 10.7 Å². The van der Waals surface area contributed by atoms with Crippen LogP contribution in [0.1, 0.15) is 32.1 Å². The third-order valence-corrected chi connectivity index (χ3v) is 6.56. The highest BCUT2D eigenvalue weighted by Crippen LogP contribution is 2.50. The topological polar surface area (TPSA) is 178 Å². The Kier molecular flexibility index (Phi) is 12.0. The number of carbonyl (C=O) groups is 6. The van der Waals surface area contributed by atoms with Crippen LogP contribution in [0, 0.1) is 5.92 Å². The number of alkyl halides is 6. The maximum Gasteiger partial charge on any atom is 0.312 e. The number of nitrogens with one attached hydrogen (secondary N) is 2. The van der Waals surface area contributed by atoms with Crippen molar-refractivity contribution in [2.24, 2.45) is 5.92 Å². The number of aliphatic carboxylic acids is 1. The van der Waals surface area contributed by atoms with Crippen LogP contribution in [0.4, 0.5) is 0 Å². The van der Waals surface area contributed by atoms with Gasteiger partial charge in [-0.25, -0.2) is 5.43 Å². The summed E-state index contributed by atoms with van der Waals surface area (Å²) in [6.07, 6.45) is -2.38. The van der Waals surface area contributed by atoms with E-state index in [1.54, 1.807) is 0 Å². The molecular formula is C21H25Cl6N3O10. The lowest BCUT2D eigenvalue weighted by atomic mass is 9.79. The van der Waals surface area contributed by atoms with Gasteiger partial charge in [-0.2, -0.15) is 0 Å². The van der Waals surface area contributed by atoms with E-state index in [0.717, 1.165) is 5.01 Å². The van der Waals surface area contributed by atoms with Crippen molar-refractivity contribution >= 4 is 105 Å². The minimum absolute atomic E-state index is 0.0226. The Labute approximate surface area is 258 Å². The quantitative estimate of drug-likeness (QED) is 0.129. The molecule has 2 fully saturated rings. The SMILES string of the molecule is COCCN1NC(CCC(=O)OCC(Cl)(Cl)Cl)(C(=O)C2(NC(=O)CCC(=O)O)CC2C(=O)OCC(Cl)(Cl)Cl)C1=O. The van der Waals surface area contributed by atoms with Crippen molar-refractivity contribution in [2.45, 2.75) is 50.8 Å². The molecule has 19 heteroatoms. The molecule has 0 aromatic rings. The average Bonchev–Trinajstić information content (AvgIpc) is 3.57. The van der Waals surface area contributed by atoms with Gasteiger partial charge in [-0.05, 0) is 12.8 Å². The lowest BCUT2D eigenvalue weighted by molar-refractivity contribution is -0.174. The lowest BCUT2D eigenvalue weighted by Crippen LogP contribution is -2.82. The van der Waals surface area contributed by atoms with E-state index in [4.69, 9.17) is 88.9 Å². The van der Waals surface area contributed by atoms with E-state index < -0.39 is 99.0 Å². The van der Waals surface area contributed by atoms with E-state index in [2.05, 4.69) is 10.7 Å². The Morgan fingerprint density at radius 3 is 2.15 bits per heavy atom. The number of ketones is 1. The van der Waals surface area contributed by atoms with Gasteiger partial charge in [-0.3, -0.25) is 33.8 Å². The van der Waals surface area contributed by atoms with Crippen molar-refractivity contribution in [1.82, 2.24) is 15.8 Å². The summed E-state index contributed by atoms with van der Waals surface area (Å²) in [5.41, 5.74) is -1.38. The summed E-state index contributed by atoms with van der Waals surface area (Å²) in [5.74, 6) is -7.13. The summed E-state index contributed by atoms with van der Waals surface area (Å²) < 4.78 is 10.9. The van der Waals surface area contributed by atoms with Crippen molar-refractivity contribution in [1.29, 1.82) is 0 Å². The van der Waals surface area contributed by atoms with Gasteiger partial charge in [0.1, 0.15) is 18.8 Å². The highest BCUT2D eigenvalue weighted by atomic mass is 35.6. The number of methoxy groups -OCH3 is 1. The minimum Gasteiger partial charge on any atom is -0.481 e. The molecule has 2 aliphatic rings. The van der Waals surface area contributed by atoms with Crippen LogP contribution in [0.2, 0.25) is 0 Å². The Bertz CT molecular complexity index is 1040. The molecule has 3 atom stereocenters. The van der Waals surface area contributed by atoms with Gasteiger partial charge in [-0.1, -0.05) is 69.6 Å². The van der Waals surface area contributed by atoms with Gasteiger partial charge < -0.3 is 24.6 Å². The molecule has 0 aromatic carbocycles. The first-order valence-electron chi connectivity index (χ1n) is 11.5. The number of carboxylic acids is 1. The fourth-order valence-electron chi connectivity index (χ4n) is 3.95. The predicted octanol–water partition coefficient (Wildman–Crippen LogP) is 1.63. The van der Waals surface area contributed by atoms with E-state index >= 15 is 0 Å². The summed E-state index contributed by atoms with van der Waals surface area (Å²) >= 11 is 33.6. The van der Waals surface area contributed by atoms with Gasteiger partial charge in [0.25, 0.3) is 5.91 Å². The van der Waals surface area contributed by atoms with Crippen molar-refractivity contribution in [2.75, 3.05) is 33.5 Å². The Morgan fingerprint density at radius 2 is 1.62 bits per heavy atom. The fraction of sp³-hybridized carbons (Fsp3) is 0.714. The monoisotopic (exact) mass is 689 g/mol. The zero-order valence-electron chi connectivity index (χ0n) is 20.8. The zero-order valence-corrected chi connectivity index (χ0v) is 25.3. The standard InChI is InChI=1S/C21H25Cl6N3O10/c1-38-7-6-30-17(37)18(29-30,5-4-14(34)39-9-20(22,23)24)16(36)19(28-12(31)2-3-13(32)33)8-11(19)15(35)40-10-21(25,26)27/h11,29H,2-10H2,1H3,(H,28,31)(H,32,33). The van der Waals surface area contributed by atoms with E-state index in [1.165, 1.54) is 7.11 Å². The Balaban J connectivity index is 2.33. The number of carbonyl (C=O) groups excluding carboxylic acids is 5. The predicted molar refractivity (Wildman–Crippen MR) is 142 cm³/mol. The number of esters is 2. The van der Waals surface area contributed by atoms with Gasteiger partial charge in [0, 0.05) is 20.0 Å². The molecule has 226 valence electrons. The van der Waals surface area contributed by atoms with Gasteiger partial charge >= 0.3 is 17.9 Å². The first kappa shape index (κ1) is 34.9. The largest absolute Gasteiger partial charge is 0.481 e. The summed E-state index contributed by atoms with van der Waals surface area (Å²) in [6.45, 7) is -1.15. The number of hydrogen-bond donors (Lipinski definition) is 3. The second-order valence-electron chi connectivity index (χ2n) is 8.96. The van der Waals surface area contributed by atoms with Crippen LogP contribution in [-0.4, -0.2) is 97.8 Å². The maximum absolute atomic E-state index is 14.0. The molecule has 0 aromatic heterocycles. The van der Waals surface area contributed by atoms with Crippen molar-refractivity contribution in [3.8, 4) is 0 Å². The number of nitrogens with zero attached hydrogens (tertiary/aromatic N) is 1. The molecular weight excluding hydrogens is 667 g/mol. The van der Waals surface area contributed by atoms with Crippen LogP contribution >= 0.6 is 69.6 Å². The van der Waals surface area contributed by atoms with Gasteiger partial charge in [0.05, 0.1) is 25.5 Å². The number of amides is 2. The normalized spacial score (nSPS) is 24.1. The third-order valence-electron chi connectivity index (χ3n) is 5.90. The molecule has 3 unspecified atom stereocenters. The fourth-order valence-corrected chi connectivity index (χ4v) is 4.28. The minimum atomic E-state index is -2.09. The molecule has 1 saturated carbocycles. The number of carboxylic acid groups (broad SMARTS) is 1. The number of ether oxygens (including phenoxy) is 3. The second kappa shape index (κ2) is 13.8. The molecule has 1 heterocycles. The van der Waals surface area contributed by atoms with E-state index in [-0.39, 0.29) is 19.6 Å². The number of Topliss-reactive ketones (excluding diaryl/α,β-unsaturated/α-hetero) is 1. The smallest absolute Gasteiger partial charge is 0.312 e. The number of hydrazine groups is 1. The molecule has 1 aliphatic heterocycles. The molecule has 0 radical (unpaired) electrons.